The number of halogens is 3. The van der Waals surface area contributed by atoms with Crippen LogP contribution in [0.25, 0.3) is 0 Å². The van der Waals surface area contributed by atoms with Gasteiger partial charge >= 0.3 is 6.36 Å². The molecule has 1 rings (SSSR count). The minimum absolute atomic E-state index is 0.120. The van der Waals surface area contributed by atoms with E-state index < -0.39 is 30.1 Å². The molecular weight excluding hydrogens is 273 g/mol. The molecule has 102 valence electrons. The lowest BCUT2D eigenvalue weighted by molar-refractivity contribution is -0.274. The van der Waals surface area contributed by atoms with Crippen molar-refractivity contribution in [3.63, 3.8) is 0 Å². The largest absolute Gasteiger partial charge is 0.573 e. The SMILES string of the molecule is Oc1ccc(OC(F)(F)F)cc1C(O)C(O)CS. The quantitative estimate of drug-likeness (QED) is 0.634. The Morgan fingerprint density at radius 1 is 1.28 bits per heavy atom. The van der Waals surface area contributed by atoms with Gasteiger partial charge < -0.3 is 20.1 Å². The van der Waals surface area contributed by atoms with Crippen LogP contribution in [0.5, 0.6) is 11.5 Å². The molecule has 4 nitrogen and oxygen atoms in total. The Bertz CT molecular complexity index is 411. The molecule has 0 bridgehead atoms. The Hall–Kier alpha value is -1.12. The van der Waals surface area contributed by atoms with Crippen LogP contribution in [0, 0.1) is 0 Å². The van der Waals surface area contributed by atoms with E-state index in [2.05, 4.69) is 17.4 Å². The summed E-state index contributed by atoms with van der Waals surface area (Å²) >= 11 is 3.73. The number of aromatic hydroxyl groups is 1. The number of aliphatic hydroxyl groups excluding tert-OH is 2. The molecule has 0 aliphatic rings. The van der Waals surface area contributed by atoms with Crippen molar-refractivity contribution in [1.29, 1.82) is 0 Å². The highest BCUT2D eigenvalue weighted by atomic mass is 32.1. The first kappa shape index (κ1) is 14.9. The van der Waals surface area contributed by atoms with E-state index in [1.165, 1.54) is 0 Å². The highest BCUT2D eigenvalue weighted by Crippen LogP contribution is 2.32. The van der Waals surface area contributed by atoms with Crippen LogP contribution >= 0.6 is 12.6 Å². The molecule has 0 heterocycles. The number of benzene rings is 1. The van der Waals surface area contributed by atoms with Gasteiger partial charge in [0.2, 0.25) is 0 Å². The second-order valence-electron chi connectivity index (χ2n) is 3.46. The van der Waals surface area contributed by atoms with Gasteiger partial charge in [0.1, 0.15) is 17.6 Å². The normalized spacial score (nSPS) is 15.2. The molecular formula is C10H11F3O4S. The van der Waals surface area contributed by atoms with E-state index in [1.807, 2.05) is 0 Å². The summed E-state index contributed by atoms with van der Waals surface area (Å²) in [6.07, 6.45) is -7.75. The van der Waals surface area contributed by atoms with E-state index in [1.54, 1.807) is 0 Å². The van der Waals surface area contributed by atoms with Gasteiger partial charge in [-0.25, -0.2) is 0 Å². The third kappa shape index (κ3) is 3.97. The van der Waals surface area contributed by atoms with Gasteiger partial charge in [-0.05, 0) is 18.2 Å². The predicted molar refractivity (Wildman–Crippen MR) is 59.6 cm³/mol. The third-order valence-electron chi connectivity index (χ3n) is 2.10. The fourth-order valence-electron chi connectivity index (χ4n) is 1.27. The highest BCUT2D eigenvalue weighted by Gasteiger charge is 2.32. The first-order valence-corrected chi connectivity index (χ1v) is 5.43. The maximum atomic E-state index is 12.0. The summed E-state index contributed by atoms with van der Waals surface area (Å²) in [5, 5.41) is 28.3. The molecule has 0 saturated carbocycles. The Morgan fingerprint density at radius 2 is 1.89 bits per heavy atom. The van der Waals surface area contributed by atoms with Gasteiger partial charge in [-0.2, -0.15) is 12.6 Å². The van der Waals surface area contributed by atoms with Crippen molar-refractivity contribution in [2.75, 3.05) is 5.75 Å². The van der Waals surface area contributed by atoms with Crippen LogP contribution in [0.4, 0.5) is 13.2 Å². The van der Waals surface area contributed by atoms with Gasteiger partial charge in [0.05, 0.1) is 6.10 Å². The molecule has 0 aliphatic carbocycles. The van der Waals surface area contributed by atoms with E-state index in [9.17, 15) is 28.5 Å². The smallest absolute Gasteiger partial charge is 0.508 e. The summed E-state index contributed by atoms with van der Waals surface area (Å²) in [4.78, 5) is 0. The zero-order valence-corrected chi connectivity index (χ0v) is 9.82. The van der Waals surface area contributed by atoms with Gasteiger partial charge in [0.25, 0.3) is 0 Å². The van der Waals surface area contributed by atoms with E-state index in [0.29, 0.717) is 0 Å². The van der Waals surface area contributed by atoms with Gasteiger partial charge in [-0.3, -0.25) is 0 Å². The fraction of sp³-hybridized carbons (Fsp3) is 0.400. The topological polar surface area (TPSA) is 69.9 Å². The Kier molecular flexibility index (Phi) is 4.71. The van der Waals surface area contributed by atoms with E-state index in [0.717, 1.165) is 18.2 Å². The van der Waals surface area contributed by atoms with E-state index in [-0.39, 0.29) is 11.3 Å². The summed E-state index contributed by atoms with van der Waals surface area (Å²) in [6, 6.07) is 2.64. The third-order valence-corrected chi connectivity index (χ3v) is 2.48. The molecule has 0 saturated heterocycles. The van der Waals surface area contributed by atoms with Crippen molar-refractivity contribution >= 4 is 12.6 Å². The van der Waals surface area contributed by atoms with Gasteiger partial charge in [0.15, 0.2) is 0 Å². The molecule has 1 aromatic rings. The molecule has 8 heteroatoms. The number of rotatable bonds is 4. The number of hydrogen-bond acceptors (Lipinski definition) is 5. The Balaban J connectivity index is 3.01. The summed E-state index contributed by atoms with van der Waals surface area (Å²) in [6.45, 7) is 0. The summed E-state index contributed by atoms with van der Waals surface area (Å²) in [7, 11) is 0. The molecule has 2 unspecified atom stereocenters. The van der Waals surface area contributed by atoms with Crippen molar-refractivity contribution in [3.8, 4) is 11.5 Å². The maximum Gasteiger partial charge on any atom is 0.573 e. The average Bonchev–Trinajstić information content (AvgIpc) is 2.28. The van der Waals surface area contributed by atoms with Crippen LogP contribution < -0.4 is 4.74 Å². The van der Waals surface area contributed by atoms with Crippen molar-refractivity contribution in [1.82, 2.24) is 0 Å². The molecule has 1 aromatic carbocycles. The number of ether oxygens (including phenoxy) is 1. The number of phenolic OH excluding ortho intramolecular Hbond substituents is 1. The van der Waals surface area contributed by atoms with Crippen LogP contribution in [0.2, 0.25) is 0 Å². The number of aliphatic hydroxyl groups is 2. The number of phenols is 1. The second-order valence-corrected chi connectivity index (χ2v) is 3.83. The van der Waals surface area contributed by atoms with Gasteiger partial charge in [-0.1, -0.05) is 0 Å². The molecule has 0 aliphatic heterocycles. The van der Waals surface area contributed by atoms with Crippen LogP contribution in [0.3, 0.4) is 0 Å². The van der Waals surface area contributed by atoms with Gasteiger partial charge in [0, 0.05) is 11.3 Å². The zero-order valence-electron chi connectivity index (χ0n) is 8.92. The average molecular weight is 284 g/mol. The van der Waals surface area contributed by atoms with Crippen molar-refractivity contribution in [3.05, 3.63) is 23.8 Å². The fourth-order valence-corrected chi connectivity index (χ4v) is 1.47. The minimum Gasteiger partial charge on any atom is -0.508 e. The lowest BCUT2D eigenvalue weighted by Crippen LogP contribution is -2.21. The molecule has 18 heavy (non-hydrogen) atoms. The zero-order chi connectivity index (χ0) is 13.9. The van der Waals surface area contributed by atoms with E-state index in [4.69, 9.17) is 0 Å². The van der Waals surface area contributed by atoms with Crippen LogP contribution in [-0.2, 0) is 0 Å². The summed E-state index contributed by atoms with van der Waals surface area (Å²) < 4.78 is 39.6. The van der Waals surface area contributed by atoms with Crippen molar-refractivity contribution in [2.24, 2.45) is 0 Å². The summed E-state index contributed by atoms with van der Waals surface area (Å²) in [5.74, 6) is -1.16. The van der Waals surface area contributed by atoms with Crippen molar-refractivity contribution < 1.29 is 33.2 Å². The second kappa shape index (κ2) is 5.68. The predicted octanol–water partition coefficient (Wildman–Crippen LogP) is 1.61. The maximum absolute atomic E-state index is 12.0. The highest BCUT2D eigenvalue weighted by molar-refractivity contribution is 7.80. The van der Waals surface area contributed by atoms with Crippen LogP contribution in [-0.4, -0.2) is 33.5 Å². The molecule has 0 amide bonds. The lowest BCUT2D eigenvalue weighted by Gasteiger charge is -2.18. The minimum atomic E-state index is -4.87. The monoisotopic (exact) mass is 284 g/mol. The summed E-state index contributed by atoms with van der Waals surface area (Å²) in [5.41, 5.74) is -0.265. The molecule has 0 spiro atoms. The van der Waals surface area contributed by atoms with Gasteiger partial charge in [-0.15, -0.1) is 13.2 Å². The number of alkyl halides is 3. The standard InChI is InChI=1S/C10H11F3O4S/c11-10(12,13)17-5-1-2-7(14)6(3-5)9(16)8(15)4-18/h1-3,8-9,14-16,18H,4H2. The number of hydrogen-bond donors (Lipinski definition) is 4. The van der Waals surface area contributed by atoms with E-state index >= 15 is 0 Å². The molecule has 3 N–H and O–H groups in total. The first-order chi connectivity index (χ1) is 8.24. The molecule has 2 atom stereocenters. The molecule has 0 aromatic heterocycles. The van der Waals surface area contributed by atoms with Crippen LogP contribution in [0.1, 0.15) is 11.7 Å². The van der Waals surface area contributed by atoms with Crippen molar-refractivity contribution in [2.45, 2.75) is 18.6 Å². The first-order valence-electron chi connectivity index (χ1n) is 4.80. The van der Waals surface area contributed by atoms with Crippen LogP contribution in [0.15, 0.2) is 18.2 Å². The molecule has 0 fully saturated rings. The Labute approximate surface area is 106 Å². The number of thiol groups is 1. The Morgan fingerprint density at radius 3 is 2.39 bits per heavy atom. The lowest BCUT2D eigenvalue weighted by atomic mass is 10.0. The molecule has 0 radical (unpaired) electrons.